The van der Waals surface area contributed by atoms with Crippen molar-refractivity contribution in [2.24, 2.45) is 0 Å². The normalized spacial score (nSPS) is 8.90. The number of aromatic nitrogens is 2. The second-order valence-corrected chi connectivity index (χ2v) is 1.78. The Morgan fingerprint density at radius 2 is 2.10 bits per heavy atom. The molecule has 0 bridgehead atoms. The summed E-state index contributed by atoms with van der Waals surface area (Å²) in [6.45, 7) is 1.84. The predicted octanol–water partition coefficient (Wildman–Crippen LogP) is -0.333. The van der Waals surface area contributed by atoms with E-state index in [1.807, 2.05) is 6.82 Å². The first-order chi connectivity index (χ1) is 4.86. The molecule has 0 fully saturated rings. The van der Waals surface area contributed by atoms with E-state index in [2.05, 4.69) is 9.97 Å². The summed E-state index contributed by atoms with van der Waals surface area (Å²) < 4.78 is 0. The molecule has 1 aromatic heterocycles. The third-order valence-electron chi connectivity index (χ3n) is 1.09. The Morgan fingerprint density at radius 3 is 2.50 bits per heavy atom. The zero-order valence-electron chi connectivity index (χ0n) is 5.61. The number of aldehydes is 1. The van der Waals surface area contributed by atoms with E-state index < -0.39 is 0 Å². The van der Waals surface area contributed by atoms with E-state index in [1.165, 1.54) is 12.4 Å². The molecular weight excluding hydrogens is 127 g/mol. The van der Waals surface area contributed by atoms with Gasteiger partial charge in [-0.05, 0) is 0 Å². The minimum absolute atomic E-state index is 0.505. The first-order valence-electron chi connectivity index (χ1n) is 2.93. The predicted molar refractivity (Wildman–Crippen MR) is 38.7 cm³/mol. The van der Waals surface area contributed by atoms with Crippen LogP contribution >= 0.6 is 0 Å². The summed E-state index contributed by atoms with van der Waals surface area (Å²) in [7, 11) is 1.77. The van der Waals surface area contributed by atoms with Gasteiger partial charge in [-0.25, -0.2) is 0 Å². The molecule has 1 aromatic rings. The molecule has 0 aliphatic rings. The fourth-order valence-electron chi connectivity index (χ4n) is 0.558. The second kappa shape index (κ2) is 3.10. The first kappa shape index (κ1) is 6.93. The van der Waals surface area contributed by atoms with E-state index in [0.717, 1.165) is 6.29 Å². The number of rotatable bonds is 2. The van der Waals surface area contributed by atoms with Crippen molar-refractivity contribution in [2.45, 2.75) is 6.82 Å². The second-order valence-electron chi connectivity index (χ2n) is 1.78. The fourth-order valence-corrected chi connectivity index (χ4v) is 0.558. The number of hydrogen-bond donors (Lipinski definition) is 0. The van der Waals surface area contributed by atoms with Gasteiger partial charge in [0.15, 0.2) is 6.29 Å². The molecule has 0 spiro atoms. The Bertz CT molecular complexity index is 222. The maximum absolute atomic E-state index is 10.1. The Kier molecular flexibility index (Phi) is 2.15. The Balaban J connectivity index is 2.90. The molecule has 0 aliphatic heterocycles. The molecule has 0 amide bonds. The summed E-state index contributed by atoms with van der Waals surface area (Å²) in [6, 6.07) is 0. The summed E-state index contributed by atoms with van der Waals surface area (Å²) >= 11 is 0. The lowest BCUT2D eigenvalue weighted by molar-refractivity contribution is 0.112. The van der Waals surface area contributed by atoms with Crippen molar-refractivity contribution in [3.05, 3.63) is 18.0 Å². The SMILES string of the molecule is C[B]c1ncc(C=O)cn1. The lowest BCUT2D eigenvalue weighted by Crippen LogP contribution is -2.19. The van der Waals surface area contributed by atoms with Crippen LogP contribution in [0.2, 0.25) is 6.82 Å². The van der Waals surface area contributed by atoms with E-state index in [4.69, 9.17) is 0 Å². The number of nitrogens with zero attached hydrogens (tertiary/aromatic N) is 2. The van der Waals surface area contributed by atoms with Crippen molar-refractivity contribution >= 4 is 19.3 Å². The molecule has 0 atom stereocenters. The van der Waals surface area contributed by atoms with Gasteiger partial charge in [0.25, 0.3) is 0 Å². The topological polar surface area (TPSA) is 42.9 Å². The number of carbonyl (C=O) groups excluding carboxylic acids is 1. The lowest BCUT2D eigenvalue weighted by atomic mass is 9.81. The fraction of sp³-hybridized carbons (Fsp3) is 0.167. The van der Waals surface area contributed by atoms with Crippen LogP contribution in [0.15, 0.2) is 12.4 Å². The minimum Gasteiger partial charge on any atom is -0.298 e. The van der Waals surface area contributed by atoms with Crippen LogP contribution in [0, 0.1) is 0 Å². The lowest BCUT2D eigenvalue weighted by Gasteiger charge is -1.91. The average molecular weight is 133 g/mol. The highest BCUT2D eigenvalue weighted by molar-refractivity contribution is 6.49. The van der Waals surface area contributed by atoms with Gasteiger partial charge < -0.3 is 0 Å². The summed E-state index contributed by atoms with van der Waals surface area (Å²) in [5.74, 6) is 0. The van der Waals surface area contributed by atoms with Crippen LogP contribution in [0.5, 0.6) is 0 Å². The molecule has 0 unspecified atom stereocenters. The largest absolute Gasteiger partial charge is 0.298 e. The van der Waals surface area contributed by atoms with Crippen LogP contribution in [0.4, 0.5) is 0 Å². The van der Waals surface area contributed by atoms with Crippen LogP contribution in [-0.4, -0.2) is 23.5 Å². The quantitative estimate of drug-likeness (QED) is 0.409. The number of hydrogen-bond acceptors (Lipinski definition) is 3. The van der Waals surface area contributed by atoms with Crippen LogP contribution in [0.25, 0.3) is 0 Å². The van der Waals surface area contributed by atoms with E-state index in [-0.39, 0.29) is 0 Å². The summed E-state index contributed by atoms with van der Waals surface area (Å²) in [6.07, 6.45) is 3.71. The van der Waals surface area contributed by atoms with Crippen molar-refractivity contribution in [2.75, 3.05) is 0 Å². The van der Waals surface area contributed by atoms with E-state index in [0.29, 0.717) is 11.3 Å². The van der Waals surface area contributed by atoms with Crippen molar-refractivity contribution in [1.82, 2.24) is 9.97 Å². The van der Waals surface area contributed by atoms with E-state index >= 15 is 0 Å². The van der Waals surface area contributed by atoms with Crippen LogP contribution in [0.3, 0.4) is 0 Å². The molecule has 1 heterocycles. The van der Waals surface area contributed by atoms with Crippen LogP contribution in [-0.2, 0) is 0 Å². The van der Waals surface area contributed by atoms with E-state index in [9.17, 15) is 4.79 Å². The maximum Gasteiger partial charge on any atom is 0.201 e. The molecule has 0 saturated heterocycles. The van der Waals surface area contributed by atoms with Crippen LogP contribution in [0.1, 0.15) is 10.4 Å². The molecular formula is C6H6BN2O. The van der Waals surface area contributed by atoms with Crippen molar-refractivity contribution < 1.29 is 4.79 Å². The molecule has 0 aliphatic carbocycles. The highest BCUT2D eigenvalue weighted by Gasteiger charge is 1.92. The van der Waals surface area contributed by atoms with Crippen molar-refractivity contribution in [1.29, 1.82) is 0 Å². The van der Waals surface area contributed by atoms with E-state index in [1.54, 1.807) is 7.28 Å². The van der Waals surface area contributed by atoms with Gasteiger partial charge in [-0.2, -0.15) is 0 Å². The third-order valence-corrected chi connectivity index (χ3v) is 1.09. The summed E-state index contributed by atoms with van der Waals surface area (Å²) in [5, 5.41) is 0. The minimum atomic E-state index is 0.505. The summed E-state index contributed by atoms with van der Waals surface area (Å²) in [4.78, 5) is 17.9. The van der Waals surface area contributed by atoms with Crippen molar-refractivity contribution in [3.8, 4) is 0 Å². The Labute approximate surface area is 59.7 Å². The zero-order valence-corrected chi connectivity index (χ0v) is 5.61. The zero-order chi connectivity index (χ0) is 7.40. The van der Waals surface area contributed by atoms with Gasteiger partial charge in [0.1, 0.15) is 0 Å². The van der Waals surface area contributed by atoms with Gasteiger partial charge in [0, 0.05) is 12.4 Å². The van der Waals surface area contributed by atoms with Gasteiger partial charge in [0.05, 0.1) is 11.3 Å². The van der Waals surface area contributed by atoms with Crippen molar-refractivity contribution in [3.63, 3.8) is 0 Å². The van der Waals surface area contributed by atoms with Gasteiger partial charge in [-0.1, -0.05) is 6.82 Å². The Hall–Kier alpha value is -1.19. The van der Waals surface area contributed by atoms with Crippen LogP contribution < -0.4 is 5.72 Å². The average Bonchev–Trinajstić information content (AvgIpc) is 2.05. The third kappa shape index (κ3) is 1.40. The van der Waals surface area contributed by atoms with Gasteiger partial charge >= 0.3 is 0 Å². The maximum atomic E-state index is 10.1. The smallest absolute Gasteiger partial charge is 0.201 e. The summed E-state index contributed by atoms with van der Waals surface area (Å²) in [5.41, 5.74) is 1.15. The molecule has 0 N–H and O–H groups in total. The standard InChI is InChI=1S/C6H6BN2O/c1-7-6-8-2-5(4-10)3-9-6/h2-4H,1H3. The Morgan fingerprint density at radius 1 is 1.50 bits per heavy atom. The molecule has 0 saturated carbocycles. The number of carbonyl (C=O) groups is 1. The molecule has 49 valence electrons. The molecule has 3 nitrogen and oxygen atoms in total. The van der Waals surface area contributed by atoms with Gasteiger partial charge in [-0.3, -0.25) is 14.8 Å². The molecule has 0 aromatic carbocycles. The molecule has 1 rings (SSSR count). The highest BCUT2D eigenvalue weighted by atomic mass is 16.1. The monoisotopic (exact) mass is 133 g/mol. The molecule has 10 heavy (non-hydrogen) atoms. The first-order valence-corrected chi connectivity index (χ1v) is 2.93. The van der Waals surface area contributed by atoms with Gasteiger partial charge in [0.2, 0.25) is 7.28 Å². The molecule has 4 heteroatoms. The van der Waals surface area contributed by atoms with Gasteiger partial charge in [-0.15, -0.1) is 0 Å². The molecule has 1 radical (unpaired) electrons. The highest BCUT2D eigenvalue weighted by Crippen LogP contribution is 1.83.